The topological polar surface area (TPSA) is 110 Å². The number of anilines is 1. The van der Waals surface area contributed by atoms with E-state index in [4.69, 9.17) is 5.73 Å². The molecule has 3 rings (SSSR count). The number of carbonyl (C=O) groups excluding carboxylic acids is 2. The average molecular weight is 450 g/mol. The summed E-state index contributed by atoms with van der Waals surface area (Å²) in [5, 5.41) is 3.25. The van der Waals surface area contributed by atoms with Crippen LogP contribution in [0.15, 0.2) is 35.2 Å². The van der Waals surface area contributed by atoms with Gasteiger partial charge in [0.1, 0.15) is 5.00 Å². The summed E-state index contributed by atoms with van der Waals surface area (Å²) in [6.07, 6.45) is 0.958. The summed E-state index contributed by atoms with van der Waals surface area (Å²) in [6, 6.07) is 8.58. The fourth-order valence-electron chi connectivity index (χ4n) is 3.57. The highest BCUT2D eigenvalue weighted by Gasteiger charge is 2.28. The van der Waals surface area contributed by atoms with Gasteiger partial charge in [0.25, 0.3) is 5.91 Å². The number of primary amides is 1. The van der Waals surface area contributed by atoms with Crippen LogP contribution in [0.25, 0.3) is 0 Å². The maximum absolute atomic E-state index is 12.4. The van der Waals surface area contributed by atoms with Crippen LogP contribution in [0.5, 0.6) is 0 Å². The summed E-state index contributed by atoms with van der Waals surface area (Å²) in [4.78, 5) is 28.1. The number of nitrogens with zero attached hydrogens (tertiary/aromatic N) is 1. The van der Waals surface area contributed by atoms with Crippen LogP contribution in [0.2, 0.25) is 0 Å². The third kappa shape index (κ3) is 5.08. The molecular weight excluding hydrogens is 422 g/mol. The summed E-state index contributed by atoms with van der Waals surface area (Å²) < 4.78 is 24.7. The molecule has 0 fully saturated rings. The average Bonchev–Trinajstić information content (AvgIpc) is 3.05. The molecule has 2 aromatic rings. The molecule has 30 heavy (non-hydrogen) atoms. The number of amides is 2. The largest absolute Gasteiger partial charge is 0.365 e. The van der Waals surface area contributed by atoms with Crippen LogP contribution in [0, 0.1) is 0 Å². The van der Waals surface area contributed by atoms with Crippen molar-refractivity contribution in [3.05, 3.63) is 46.3 Å². The zero-order valence-electron chi connectivity index (χ0n) is 17.2. The van der Waals surface area contributed by atoms with E-state index in [1.165, 1.54) is 11.3 Å². The van der Waals surface area contributed by atoms with Crippen molar-refractivity contribution in [1.29, 1.82) is 0 Å². The van der Waals surface area contributed by atoms with Crippen molar-refractivity contribution in [2.75, 3.05) is 17.6 Å². The molecule has 1 aromatic heterocycles. The van der Waals surface area contributed by atoms with E-state index in [2.05, 4.69) is 24.1 Å². The second kappa shape index (κ2) is 9.28. The molecule has 0 aliphatic carbocycles. The van der Waals surface area contributed by atoms with Gasteiger partial charge in [-0.1, -0.05) is 18.2 Å². The molecule has 1 aliphatic heterocycles. The molecule has 7 nitrogen and oxygen atoms in total. The number of fused-ring (bicyclic) bond motifs is 1. The summed E-state index contributed by atoms with van der Waals surface area (Å²) in [5.74, 6) is -0.982. The van der Waals surface area contributed by atoms with Crippen LogP contribution < -0.4 is 11.1 Å². The Morgan fingerprint density at radius 3 is 2.57 bits per heavy atom. The Balaban J connectivity index is 1.65. The van der Waals surface area contributed by atoms with Gasteiger partial charge in [-0.3, -0.25) is 14.5 Å². The molecule has 0 spiro atoms. The third-order valence-corrected chi connectivity index (χ3v) is 8.18. The lowest BCUT2D eigenvalue weighted by molar-refractivity contribution is -0.116. The second-order valence-electron chi connectivity index (χ2n) is 7.67. The van der Waals surface area contributed by atoms with Gasteiger partial charge in [-0.25, -0.2) is 8.42 Å². The quantitative estimate of drug-likeness (QED) is 0.644. The minimum atomic E-state index is -3.42. The summed E-state index contributed by atoms with van der Waals surface area (Å²) in [6.45, 7) is 5.81. The van der Waals surface area contributed by atoms with Crippen LogP contribution in [0.1, 0.15) is 47.5 Å². The number of benzene rings is 1. The lowest BCUT2D eigenvalue weighted by atomic mass is 10.0. The monoisotopic (exact) mass is 449 g/mol. The summed E-state index contributed by atoms with van der Waals surface area (Å²) in [5.41, 5.74) is 6.91. The molecule has 162 valence electrons. The Morgan fingerprint density at radius 1 is 1.23 bits per heavy atom. The normalized spacial score (nSPS) is 14.5. The van der Waals surface area contributed by atoms with Crippen molar-refractivity contribution in [3.63, 3.8) is 0 Å². The smallest absolute Gasteiger partial charge is 0.251 e. The number of hydrogen-bond donors (Lipinski definition) is 2. The van der Waals surface area contributed by atoms with Gasteiger partial charge in [-0.2, -0.15) is 0 Å². The Morgan fingerprint density at radius 2 is 1.93 bits per heavy atom. The second-order valence-corrected chi connectivity index (χ2v) is 10.9. The number of carbonyl (C=O) groups is 2. The lowest BCUT2D eigenvalue weighted by Gasteiger charge is -2.30. The molecular formula is C21H27N3O4S2. The first-order valence-electron chi connectivity index (χ1n) is 9.95. The molecule has 3 N–H and O–H groups in total. The van der Waals surface area contributed by atoms with Crippen molar-refractivity contribution >= 4 is 38.0 Å². The first-order chi connectivity index (χ1) is 14.2. The van der Waals surface area contributed by atoms with Crippen molar-refractivity contribution in [1.82, 2.24) is 4.90 Å². The summed E-state index contributed by atoms with van der Waals surface area (Å²) in [7, 11) is -3.42. The van der Waals surface area contributed by atoms with Crippen LogP contribution in [-0.2, 0) is 27.6 Å². The zero-order valence-corrected chi connectivity index (χ0v) is 18.8. The molecule has 0 bridgehead atoms. The highest BCUT2D eigenvalue weighted by molar-refractivity contribution is 7.91. The number of rotatable bonds is 8. The van der Waals surface area contributed by atoms with E-state index >= 15 is 0 Å². The van der Waals surface area contributed by atoms with E-state index in [0.717, 1.165) is 23.5 Å². The first-order valence-corrected chi connectivity index (χ1v) is 12.4. The van der Waals surface area contributed by atoms with Crippen molar-refractivity contribution in [2.24, 2.45) is 5.73 Å². The van der Waals surface area contributed by atoms with E-state index in [1.807, 2.05) is 0 Å². The van der Waals surface area contributed by atoms with Crippen LogP contribution in [0.4, 0.5) is 5.00 Å². The van der Waals surface area contributed by atoms with Crippen molar-refractivity contribution < 1.29 is 18.0 Å². The molecule has 0 unspecified atom stereocenters. The fourth-order valence-corrected chi connectivity index (χ4v) is 6.20. The van der Waals surface area contributed by atoms with Gasteiger partial charge < -0.3 is 11.1 Å². The highest BCUT2D eigenvalue weighted by atomic mass is 32.2. The number of hydrogen-bond acceptors (Lipinski definition) is 6. The molecule has 0 atom stereocenters. The molecule has 0 saturated carbocycles. The molecule has 0 radical (unpaired) electrons. The van der Waals surface area contributed by atoms with Crippen LogP contribution >= 0.6 is 11.3 Å². The number of nitrogens with two attached hydrogens (primary N) is 1. The van der Waals surface area contributed by atoms with E-state index < -0.39 is 15.7 Å². The van der Waals surface area contributed by atoms with Gasteiger partial charge in [0.05, 0.1) is 16.2 Å². The zero-order chi connectivity index (χ0) is 21.9. The Bertz CT molecular complexity index is 1030. The molecule has 9 heteroatoms. The number of thiophene rings is 1. The van der Waals surface area contributed by atoms with Crippen LogP contribution in [0.3, 0.4) is 0 Å². The fraction of sp³-hybridized carbons (Fsp3) is 0.429. The standard InChI is InChI=1S/C21H27N3O4S2/c1-14(2)24-11-10-16-17(13-24)29-21(19(16)20(22)26)23-18(25)9-6-12-30(27,28)15-7-4-3-5-8-15/h3-5,7-8,14H,6,9-13H2,1-2H3,(H2,22,26)(H,23,25). The number of sulfone groups is 1. The SMILES string of the molecule is CC(C)N1CCc2c(sc(NC(=O)CCCS(=O)(=O)c3ccccc3)c2C(N)=O)C1. The van der Waals surface area contributed by atoms with Gasteiger partial charge in [0.2, 0.25) is 5.91 Å². The number of nitrogens with one attached hydrogen (secondary N) is 1. The minimum absolute atomic E-state index is 0.0466. The maximum Gasteiger partial charge on any atom is 0.251 e. The molecule has 1 aliphatic rings. The van der Waals surface area contributed by atoms with Crippen molar-refractivity contribution in [2.45, 2.75) is 50.6 Å². The predicted octanol–water partition coefficient (Wildman–Crippen LogP) is 2.81. The Labute approximate surface area is 181 Å². The molecule has 2 heterocycles. The van der Waals surface area contributed by atoms with Crippen LogP contribution in [-0.4, -0.2) is 43.5 Å². The third-order valence-electron chi connectivity index (χ3n) is 5.24. The first kappa shape index (κ1) is 22.5. The molecule has 0 saturated heterocycles. The predicted molar refractivity (Wildman–Crippen MR) is 118 cm³/mol. The Hall–Kier alpha value is -2.23. The van der Waals surface area contributed by atoms with Gasteiger partial charge in [0, 0.05) is 30.4 Å². The van der Waals surface area contributed by atoms with E-state index in [-0.39, 0.29) is 29.4 Å². The lowest BCUT2D eigenvalue weighted by Crippen LogP contribution is -2.35. The van der Waals surface area contributed by atoms with Gasteiger partial charge >= 0.3 is 0 Å². The highest BCUT2D eigenvalue weighted by Crippen LogP contribution is 2.37. The van der Waals surface area contributed by atoms with E-state index in [1.54, 1.807) is 30.3 Å². The van der Waals surface area contributed by atoms with E-state index in [0.29, 0.717) is 23.0 Å². The molecule has 1 aromatic carbocycles. The van der Waals surface area contributed by atoms with E-state index in [9.17, 15) is 18.0 Å². The maximum atomic E-state index is 12.4. The minimum Gasteiger partial charge on any atom is -0.365 e. The molecule has 2 amide bonds. The van der Waals surface area contributed by atoms with Gasteiger partial charge in [-0.05, 0) is 44.4 Å². The van der Waals surface area contributed by atoms with Crippen molar-refractivity contribution in [3.8, 4) is 0 Å². The van der Waals surface area contributed by atoms with Gasteiger partial charge in [0.15, 0.2) is 9.84 Å². The Kier molecular flexibility index (Phi) is 6.95. The van der Waals surface area contributed by atoms with Gasteiger partial charge in [-0.15, -0.1) is 11.3 Å². The summed E-state index contributed by atoms with van der Waals surface area (Å²) >= 11 is 1.38.